The molecule has 6 nitrogen and oxygen atoms in total. The lowest BCUT2D eigenvalue weighted by Crippen LogP contribution is -2.13. The Labute approximate surface area is 167 Å². The van der Waals surface area contributed by atoms with E-state index in [0.717, 1.165) is 56.5 Å². The zero-order chi connectivity index (χ0) is 19.6. The number of carbonyl (C=O) groups is 1. The Morgan fingerprint density at radius 1 is 1.18 bits per heavy atom. The smallest absolute Gasteiger partial charge is 0.306 e. The Hall–Kier alpha value is -2.50. The number of esters is 1. The standard InChI is InChI=1S/C22H30N4O2/c1-28-21(27)13-18(19-14-23-16-24-15-19)7-4-2-3-5-9-20-11-10-17-8-6-12-25-22(17)26-20/h10-11,14-16,18H,2-9,12-13H2,1H3,(H,25,26)/t18-/m0/s1. The maximum absolute atomic E-state index is 11.7. The van der Waals surface area contributed by atoms with Gasteiger partial charge in [0.15, 0.2) is 0 Å². The van der Waals surface area contributed by atoms with E-state index in [9.17, 15) is 4.79 Å². The van der Waals surface area contributed by atoms with Gasteiger partial charge in [0.1, 0.15) is 12.1 Å². The molecule has 0 radical (unpaired) electrons. The minimum Gasteiger partial charge on any atom is -0.469 e. The number of anilines is 1. The van der Waals surface area contributed by atoms with Crippen LogP contribution in [0, 0.1) is 0 Å². The molecule has 0 bridgehead atoms. The summed E-state index contributed by atoms with van der Waals surface area (Å²) < 4.78 is 4.84. The fraction of sp³-hybridized carbons (Fsp3) is 0.545. The maximum atomic E-state index is 11.7. The molecule has 0 spiro atoms. The fourth-order valence-corrected chi connectivity index (χ4v) is 3.75. The minimum absolute atomic E-state index is 0.127. The Bertz CT molecular complexity index is 751. The lowest BCUT2D eigenvalue weighted by atomic mass is 9.92. The number of nitrogens with one attached hydrogen (secondary N) is 1. The molecule has 0 unspecified atom stereocenters. The highest BCUT2D eigenvalue weighted by atomic mass is 16.5. The van der Waals surface area contributed by atoms with E-state index < -0.39 is 0 Å². The Morgan fingerprint density at radius 3 is 2.82 bits per heavy atom. The third kappa shape index (κ3) is 6.01. The first-order chi connectivity index (χ1) is 13.8. The zero-order valence-electron chi connectivity index (χ0n) is 16.7. The van der Waals surface area contributed by atoms with E-state index in [0.29, 0.717) is 6.42 Å². The van der Waals surface area contributed by atoms with Gasteiger partial charge in [-0.2, -0.15) is 0 Å². The molecule has 1 atom stereocenters. The van der Waals surface area contributed by atoms with Crippen molar-refractivity contribution in [3.63, 3.8) is 0 Å². The van der Waals surface area contributed by atoms with E-state index in [-0.39, 0.29) is 11.9 Å². The average Bonchev–Trinajstić information content (AvgIpc) is 2.75. The molecule has 0 saturated carbocycles. The predicted molar refractivity (Wildman–Crippen MR) is 109 cm³/mol. The minimum atomic E-state index is -0.180. The summed E-state index contributed by atoms with van der Waals surface area (Å²) in [6.45, 7) is 1.03. The molecule has 1 aliphatic heterocycles. The predicted octanol–water partition coefficient (Wildman–Crippen LogP) is 4.07. The van der Waals surface area contributed by atoms with Crippen molar-refractivity contribution >= 4 is 11.8 Å². The summed E-state index contributed by atoms with van der Waals surface area (Å²) in [7, 11) is 1.44. The van der Waals surface area contributed by atoms with Gasteiger partial charge in [0, 0.05) is 24.6 Å². The molecule has 3 heterocycles. The van der Waals surface area contributed by atoms with E-state index >= 15 is 0 Å². The highest BCUT2D eigenvalue weighted by Gasteiger charge is 2.17. The lowest BCUT2D eigenvalue weighted by molar-refractivity contribution is -0.141. The first-order valence-corrected chi connectivity index (χ1v) is 10.3. The van der Waals surface area contributed by atoms with Crippen molar-refractivity contribution in [1.29, 1.82) is 0 Å². The second kappa shape index (κ2) is 10.7. The first kappa shape index (κ1) is 20.2. The molecule has 1 aliphatic rings. The number of hydrogen-bond donors (Lipinski definition) is 1. The van der Waals surface area contributed by atoms with Crippen LogP contribution in [0.15, 0.2) is 30.9 Å². The summed E-state index contributed by atoms with van der Waals surface area (Å²) in [5.74, 6) is 1.03. The van der Waals surface area contributed by atoms with Crippen LogP contribution >= 0.6 is 0 Å². The molecular weight excluding hydrogens is 352 g/mol. The number of fused-ring (bicyclic) bond motifs is 1. The number of aromatic nitrogens is 3. The summed E-state index contributed by atoms with van der Waals surface area (Å²) in [4.78, 5) is 24.6. The Balaban J connectivity index is 1.39. The number of nitrogens with zero attached hydrogens (tertiary/aromatic N) is 3. The molecular formula is C22H30N4O2. The van der Waals surface area contributed by atoms with Gasteiger partial charge in [-0.05, 0) is 55.2 Å². The van der Waals surface area contributed by atoms with Crippen LogP contribution in [0.25, 0.3) is 0 Å². The molecule has 0 amide bonds. The number of rotatable bonds is 10. The van der Waals surface area contributed by atoms with E-state index in [4.69, 9.17) is 9.72 Å². The van der Waals surface area contributed by atoms with Gasteiger partial charge in [0.05, 0.1) is 13.5 Å². The molecule has 0 saturated heterocycles. The van der Waals surface area contributed by atoms with E-state index in [1.807, 2.05) is 0 Å². The molecule has 6 heteroatoms. The van der Waals surface area contributed by atoms with Crippen molar-refractivity contribution in [1.82, 2.24) is 15.0 Å². The molecule has 0 aliphatic carbocycles. The van der Waals surface area contributed by atoms with Gasteiger partial charge >= 0.3 is 5.97 Å². The number of hydrogen-bond acceptors (Lipinski definition) is 6. The zero-order valence-corrected chi connectivity index (χ0v) is 16.7. The summed E-state index contributed by atoms with van der Waals surface area (Å²) in [6.07, 6.45) is 14.3. The van der Waals surface area contributed by atoms with Gasteiger partial charge in [-0.15, -0.1) is 0 Å². The molecule has 150 valence electrons. The van der Waals surface area contributed by atoms with Crippen molar-refractivity contribution in [3.8, 4) is 0 Å². The largest absolute Gasteiger partial charge is 0.469 e. The monoisotopic (exact) mass is 382 g/mol. The molecule has 0 aromatic carbocycles. The second-order valence-corrected chi connectivity index (χ2v) is 7.44. The van der Waals surface area contributed by atoms with Crippen molar-refractivity contribution in [2.24, 2.45) is 0 Å². The van der Waals surface area contributed by atoms with Crippen LogP contribution in [-0.2, 0) is 22.4 Å². The van der Waals surface area contributed by atoms with Crippen LogP contribution in [0.2, 0.25) is 0 Å². The van der Waals surface area contributed by atoms with Crippen LogP contribution in [0.5, 0.6) is 0 Å². The quantitative estimate of drug-likeness (QED) is 0.493. The average molecular weight is 383 g/mol. The lowest BCUT2D eigenvalue weighted by Gasteiger charge is -2.17. The number of aryl methyl sites for hydroxylation is 2. The van der Waals surface area contributed by atoms with Gasteiger partial charge < -0.3 is 10.1 Å². The topological polar surface area (TPSA) is 77.0 Å². The van der Waals surface area contributed by atoms with Crippen LogP contribution < -0.4 is 5.32 Å². The van der Waals surface area contributed by atoms with Crippen LogP contribution in [0.1, 0.15) is 67.7 Å². The van der Waals surface area contributed by atoms with Gasteiger partial charge in [-0.1, -0.05) is 25.3 Å². The highest BCUT2D eigenvalue weighted by molar-refractivity contribution is 5.70. The number of pyridine rings is 1. The molecule has 2 aromatic rings. The fourth-order valence-electron chi connectivity index (χ4n) is 3.75. The number of carbonyl (C=O) groups excluding carboxylic acids is 1. The summed E-state index contributed by atoms with van der Waals surface area (Å²) >= 11 is 0. The van der Waals surface area contributed by atoms with Crippen molar-refractivity contribution in [2.75, 3.05) is 19.0 Å². The Morgan fingerprint density at radius 2 is 2.00 bits per heavy atom. The van der Waals surface area contributed by atoms with Gasteiger partial charge in [0.2, 0.25) is 0 Å². The third-order valence-corrected chi connectivity index (χ3v) is 5.38. The van der Waals surface area contributed by atoms with Crippen LogP contribution in [-0.4, -0.2) is 34.6 Å². The van der Waals surface area contributed by atoms with Crippen molar-refractivity contribution in [2.45, 2.75) is 63.7 Å². The first-order valence-electron chi connectivity index (χ1n) is 10.3. The second-order valence-electron chi connectivity index (χ2n) is 7.44. The highest BCUT2D eigenvalue weighted by Crippen LogP contribution is 2.26. The summed E-state index contributed by atoms with van der Waals surface area (Å²) in [5, 5.41) is 3.40. The number of unbranched alkanes of at least 4 members (excludes halogenated alkanes) is 3. The number of ether oxygens (including phenoxy) is 1. The van der Waals surface area contributed by atoms with Crippen molar-refractivity contribution in [3.05, 3.63) is 47.7 Å². The van der Waals surface area contributed by atoms with Crippen LogP contribution in [0.4, 0.5) is 5.82 Å². The molecule has 1 N–H and O–H groups in total. The van der Waals surface area contributed by atoms with Gasteiger partial charge in [0.25, 0.3) is 0 Å². The van der Waals surface area contributed by atoms with E-state index in [1.54, 1.807) is 12.4 Å². The molecule has 28 heavy (non-hydrogen) atoms. The third-order valence-electron chi connectivity index (χ3n) is 5.38. The van der Waals surface area contributed by atoms with E-state index in [2.05, 4.69) is 27.4 Å². The maximum Gasteiger partial charge on any atom is 0.306 e. The molecule has 0 fully saturated rings. The summed E-state index contributed by atoms with van der Waals surface area (Å²) in [6, 6.07) is 4.40. The Kier molecular flexibility index (Phi) is 7.76. The van der Waals surface area contributed by atoms with Crippen LogP contribution in [0.3, 0.4) is 0 Å². The van der Waals surface area contributed by atoms with Gasteiger partial charge in [-0.3, -0.25) is 4.79 Å². The SMILES string of the molecule is COC(=O)C[C@H](CCCCCCc1ccc2c(n1)NCCC2)c1cncnc1. The normalized spacial score (nSPS) is 14.0. The van der Waals surface area contributed by atoms with Crippen molar-refractivity contribution < 1.29 is 9.53 Å². The van der Waals surface area contributed by atoms with Gasteiger partial charge in [-0.25, -0.2) is 15.0 Å². The van der Waals surface area contributed by atoms with E-state index in [1.165, 1.54) is 37.5 Å². The number of methoxy groups -OCH3 is 1. The molecule has 3 rings (SSSR count). The molecule has 2 aromatic heterocycles. The summed E-state index contributed by atoms with van der Waals surface area (Å²) in [5.41, 5.74) is 3.54.